The van der Waals surface area contributed by atoms with Gasteiger partial charge in [-0.2, -0.15) is 0 Å². The summed E-state index contributed by atoms with van der Waals surface area (Å²) in [5, 5.41) is 0. The summed E-state index contributed by atoms with van der Waals surface area (Å²) in [6.45, 7) is 4.95. The number of nitrogens with two attached hydrogens (primary N) is 1. The molecule has 0 radical (unpaired) electrons. The summed E-state index contributed by atoms with van der Waals surface area (Å²) in [7, 11) is 3.41. The third kappa shape index (κ3) is 3.37. The Hall–Kier alpha value is -1.22. The number of benzene rings is 1. The van der Waals surface area contributed by atoms with Crippen molar-refractivity contribution in [2.24, 2.45) is 5.73 Å². The highest BCUT2D eigenvalue weighted by atomic mass is 16.5. The second kappa shape index (κ2) is 6.50. The van der Waals surface area contributed by atoms with Crippen LogP contribution in [-0.2, 0) is 0 Å². The Balaban J connectivity index is 3.02. The Morgan fingerprint density at radius 2 is 1.82 bits per heavy atom. The summed E-state index contributed by atoms with van der Waals surface area (Å²) in [6.07, 6.45) is 2.10. The lowest BCUT2D eigenvalue weighted by molar-refractivity contribution is 0.392. The molecule has 0 spiro atoms. The smallest absolute Gasteiger partial charge is 0.122 e. The topological polar surface area (TPSA) is 44.5 Å². The normalized spacial score (nSPS) is 12.3. The van der Waals surface area contributed by atoms with E-state index in [4.69, 9.17) is 15.2 Å². The first-order chi connectivity index (χ1) is 8.13. The van der Waals surface area contributed by atoms with E-state index in [-0.39, 0.29) is 0 Å². The lowest BCUT2D eigenvalue weighted by Crippen LogP contribution is -2.04. The number of ether oxygens (including phenoxy) is 2. The Bertz CT molecular complexity index is 363. The van der Waals surface area contributed by atoms with Gasteiger partial charge in [-0.25, -0.2) is 0 Å². The molecule has 96 valence electrons. The monoisotopic (exact) mass is 237 g/mol. The predicted molar refractivity (Wildman–Crippen MR) is 71.0 cm³/mol. The molecule has 0 amide bonds. The van der Waals surface area contributed by atoms with Crippen LogP contribution in [0.5, 0.6) is 11.5 Å². The fourth-order valence-corrected chi connectivity index (χ4v) is 2.04. The number of hydrogen-bond acceptors (Lipinski definition) is 3. The van der Waals surface area contributed by atoms with E-state index in [1.54, 1.807) is 14.2 Å². The van der Waals surface area contributed by atoms with Crippen LogP contribution in [0.1, 0.15) is 36.8 Å². The van der Waals surface area contributed by atoms with Gasteiger partial charge in [-0.15, -0.1) is 0 Å². The Morgan fingerprint density at radius 3 is 2.35 bits per heavy atom. The van der Waals surface area contributed by atoms with E-state index >= 15 is 0 Å². The molecular weight excluding hydrogens is 214 g/mol. The number of aryl methyl sites for hydroxylation is 1. The van der Waals surface area contributed by atoms with Gasteiger partial charge in [-0.05, 0) is 49.9 Å². The molecule has 17 heavy (non-hydrogen) atoms. The van der Waals surface area contributed by atoms with Gasteiger partial charge in [0.25, 0.3) is 0 Å². The first kappa shape index (κ1) is 13.8. The van der Waals surface area contributed by atoms with Crippen molar-refractivity contribution in [3.8, 4) is 11.5 Å². The summed E-state index contributed by atoms with van der Waals surface area (Å²) in [6, 6.07) is 4.11. The SMILES string of the molecule is COc1cc(C(C)CCCN)c(OC)cc1C. The highest BCUT2D eigenvalue weighted by Gasteiger charge is 2.14. The molecule has 0 aromatic heterocycles. The van der Waals surface area contributed by atoms with Gasteiger partial charge in [0.05, 0.1) is 14.2 Å². The van der Waals surface area contributed by atoms with Gasteiger partial charge in [0.1, 0.15) is 11.5 Å². The van der Waals surface area contributed by atoms with E-state index in [2.05, 4.69) is 13.0 Å². The minimum absolute atomic E-state index is 0.433. The quantitative estimate of drug-likeness (QED) is 0.827. The summed E-state index contributed by atoms with van der Waals surface area (Å²) in [5.41, 5.74) is 7.84. The standard InChI is InChI=1S/C14H23NO2/c1-10(6-5-7-15)12-9-13(16-3)11(2)8-14(12)17-4/h8-10H,5-7,15H2,1-4H3. The molecule has 1 aromatic carbocycles. The molecule has 3 heteroatoms. The van der Waals surface area contributed by atoms with Crippen LogP contribution in [0.15, 0.2) is 12.1 Å². The molecule has 1 rings (SSSR count). The van der Waals surface area contributed by atoms with Crippen LogP contribution in [0.3, 0.4) is 0 Å². The average Bonchev–Trinajstić information content (AvgIpc) is 2.35. The van der Waals surface area contributed by atoms with Crippen LogP contribution in [-0.4, -0.2) is 20.8 Å². The molecule has 1 aromatic rings. The first-order valence-corrected chi connectivity index (χ1v) is 6.06. The van der Waals surface area contributed by atoms with Crippen molar-refractivity contribution in [2.75, 3.05) is 20.8 Å². The zero-order chi connectivity index (χ0) is 12.8. The molecule has 0 aliphatic carbocycles. The van der Waals surface area contributed by atoms with Crippen molar-refractivity contribution >= 4 is 0 Å². The van der Waals surface area contributed by atoms with Crippen molar-refractivity contribution < 1.29 is 9.47 Å². The van der Waals surface area contributed by atoms with E-state index in [9.17, 15) is 0 Å². The van der Waals surface area contributed by atoms with Gasteiger partial charge in [-0.3, -0.25) is 0 Å². The van der Waals surface area contributed by atoms with Gasteiger partial charge in [0.15, 0.2) is 0 Å². The van der Waals surface area contributed by atoms with Gasteiger partial charge in [0.2, 0.25) is 0 Å². The molecular formula is C14H23NO2. The maximum Gasteiger partial charge on any atom is 0.122 e. The summed E-state index contributed by atoms with van der Waals surface area (Å²) in [5.74, 6) is 2.29. The predicted octanol–water partition coefficient (Wildman–Crippen LogP) is 2.85. The highest BCUT2D eigenvalue weighted by Crippen LogP contribution is 2.34. The van der Waals surface area contributed by atoms with E-state index in [0.29, 0.717) is 5.92 Å². The molecule has 0 aliphatic rings. The lowest BCUT2D eigenvalue weighted by atomic mass is 9.94. The van der Waals surface area contributed by atoms with Crippen molar-refractivity contribution in [2.45, 2.75) is 32.6 Å². The van der Waals surface area contributed by atoms with Crippen LogP contribution in [0.4, 0.5) is 0 Å². The fourth-order valence-electron chi connectivity index (χ4n) is 2.04. The molecule has 0 heterocycles. The number of methoxy groups -OCH3 is 2. The van der Waals surface area contributed by atoms with Gasteiger partial charge in [0, 0.05) is 5.56 Å². The first-order valence-electron chi connectivity index (χ1n) is 6.06. The van der Waals surface area contributed by atoms with E-state index in [0.717, 1.165) is 36.4 Å². The average molecular weight is 237 g/mol. The molecule has 0 saturated carbocycles. The van der Waals surface area contributed by atoms with Crippen molar-refractivity contribution in [3.05, 3.63) is 23.3 Å². The van der Waals surface area contributed by atoms with Crippen molar-refractivity contribution in [1.29, 1.82) is 0 Å². The zero-order valence-electron chi connectivity index (χ0n) is 11.2. The summed E-state index contributed by atoms with van der Waals surface area (Å²) < 4.78 is 10.8. The van der Waals surface area contributed by atoms with Crippen LogP contribution in [0, 0.1) is 6.92 Å². The Kier molecular flexibility index (Phi) is 5.29. The van der Waals surface area contributed by atoms with Crippen LogP contribution < -0.4 is 15.2 Å². The Morgan fingerprint density at radius 1 is 1.18 bits per heavy atom. The fraction of sp³-hybridized carbons (Fsp3) is 0.571. The molecule has 1 unspecified atom stereocenters. The molecule has 0 aliphatic heterocycles. The second-order valence-electron chi connectivity index (χ2n) is 4.40. The van der Waals surface area contributed by atoms with Gasteiger partial charge in [-0.1, -0.05) is 6.92 Å². The molecule has 1 atom stereocenters. The molecule has 0 fully saturated rings. The second-order valence-corrected chi connectivity index (χ2v) is 4.40. The largest absolute Gasteiger partial charge is 0.496 e. The summed E-state index contributed by atoms with van der Waals surface area (Å²) in [4.78, 5) is 0. The molecule has 2 N–H and O–H groups in total. The van der Waals surface area contributed by atoms with Crippen LogP contribution in [0.25, 0.3) is 0 Å². The van der Waals surface area contributed by atoms with E-state index < -0.39 is 0 Å². The van der Waals surface area contributed by atoms with Crippen molar-refractivity contribution in [1.82, 2.24) is 0 Å². The minimum Gasteiger partial charge on any atom is -0.496 e. The molecule has 0 saturated heterocycles. The van der Waals surface area contributed by atoms with E-state index in [1.165, 1.54) is 5.56 Å². The lowest BCUT2D eigenvalue weighted by Gasteiger charge is -2.18. The maximum atomic E-state index is 5.55. The Labute approximate surface area is 104 Å². The third-order valence-corrected chi connectivity index (χ3v) is 3.12. The number of hydrogen-bond donors (Lipinski definition) is 1. The zero-order valence-corrected chi connectivity index (χ0v) is 11.2. The minimum atomic E-state index is 0.433. The third-order valence-electron chi connectivity index (χ3n) is 3.12. The van der Waals surface area contributed by atoms with Crippen molar-refractivity contribution in [3.63, 3.8) is 0 Å². The van der Waals surface area contributed by atoms with Gasteiger partial charge >= 0.3 is 0 Å². The number of rotatable bonds is 6. The maximum absolute atomic E-state index is 5.55. The van der Waals surface area contributed by atoms with Crippen LogP contribution in [0.2, 0.25) is 0 Å². The van der Waals surface area contributed by atoms with Gasteiger partial charge < -0.3 is 15.2 Å². The summed E-state index contributed by atoms with van der Waals surface area (Å²) >= 11 is 0. The van der Waals surface area contributed by atoms with E-state index in [1.807, 2.05) is 13.0 Å². The molecule has 3 nitrogen and oxygen atoms in total. The highest BCUT2D eigenvalue weighted by molar-refractivity contribution is 5.47. The van der Waals surface area contributed by atoms with Crippen LogP contribution >= 0.6 is 0 Å². The molecule has 0 bridgehead atoms.